The Bertz CT molecular complexity index is 560. The number of carboxylic acid groups (broad SMARTS) is 1. The molecule has 0 spiro atoms. The van der Waals surface area contributed by atoms with Crippen molar-refractivity contribution in [1.29, 1.82) is 0 Å². The second-order valence-corrected chi connectivity index (χ2v) is 5.90. The third-order valence-electron chi connectivity index (χ3n) is 3.21. The summed E-state index contributed by atoms with van der Waals surface area (Å²) in [6.45, 7) is 5.82. The third kappa shape index (κ3) is 4.13. The van der Waals surface area contributed by atoms with Crippen molar-refractivity contribution in [3.05, 3.63) is 23.3 Å². The van der Waals surface area contributed by atoms with Crippen molar-refractivity contribution >= 4 is 11.9 Å². The Morgan fingerprint density at radius 2 is 1.82 bits per heavy atom. The number of amides is 1. The van der Waals surface area contributed by atoms with Crippen LogP contribution in [-0.2, 0) is 11.2 Å². The zero-order valence-electron chi connectivity index (χ0n) is 13.6. The van der Waals surface area contributed by atoms with Crippen LogP contribution in [0.1, 0.15) is 36.7 Å². The molecule has 1 rings (SSSR count). The molecule has 22 heavy (non-hydrogen) atoms. The number of ether oxygens (including phenoxy) is 2. The van der Waals surface area contributed by atoms with Crippen LogP contribution in [-0.4, -0.2) is 37.7 Å². The molecule has 122 valence electrons. The van der Waals surface area contributed by atoms with E-state index in [0.29, 0.717) is 24.3 Å². The molecule has 0 saturated heterocycles. The van der Waals surface area contributed by atoms with Crippen molar-refractivity contribution in [2.24, 2.45) is 5.41 Å². The SMILES string of the molecule is COc1ccc(CCNC(=O)C(C)(C)C)c(C(=O)O)c1OC. The summed E-state index contributed by atoms with van der Waals surface area (Å²) in [6, 6.07) is 3.33. The molecule has 1 aromatic rings. The third-order valence-corrected chi connectivity index (χ3v) is 3.21. The fourth-order valence-electron chi connectivity index (χ4n) is 1.99. The average Bonchev–Trinajstić information content (AvgIpc) is 2.44. The van der Waals surface area contributed by atoms with Crippen LogP contribution in [0.2, 0.25) is 0 Å². The van der Waals surface area contributed by atoms with Crippen LogP contribution >= 0.6 is 0 Å². The molecule has 1 amide bonds. The number of carbonyl (C=O) groups excluding carboxylic acids is 1. The Kier molecular flexibility index (Phi) is 5.79. The van der Waals surface area contributed by atoms with Crippen LogP contribution in [0, 0.1) is 5.41 Å². The van der Waals surface area contributed by atoms with Gasteiger partial charge in [0.15, 0.2) is 11.5 Å². The van der Waals surface area contributed by atoms with E-state index in [1.807, 2.05) is 20.8 Å². The van der Waals surface area contributed by atoms with E-state index < -0.39 is 11.4 Å². The highest BCUT2D eigenvalue weighted by Gasteiger charge is 2.22. The van der Waals surface area contributed by atoms with Gasteiger partial charge < -0.3 is 19.9 Å². The predicted molar refractivity (Wildman–Crippen MR) is 82.7 cm³/mol. The second kappa shape index (κ2) is 7.15. The molecule has 1 aromatic carbocycles. The van der Waals surface area contributed by atoms with Gasteiger partial charge in [-0.05, 0) is 18.1 Å². The predicted octanol–water partition coefficient (Wildman–Crippen LogP) is 2.11. The van der Waals surface area contributed by atoms with Crippen LogP contribution < -0.4 is 14.8 Å². The number of hydrogen-bond acceptors (Lipinski definition) is 4. The summed E-state index contributed by atoms with van der Waals surface area (Å²) in [4.78, 5) is 23.3. The normalized spacial score (nSPS) is 11.0. The molecule has 0 aliphatic rings. The molecule has 2 N–H and O–H groups in total. The zero-order chi connectivity index (χ0) is 16.9. The largest absolute Gasteiger partial charge is 0.493 e. The molecule has 0 atom stereocenters. The van der Waals surface area contributed by atoms with E-state index in [1.54, 1.807) is 12.1 Å². The van der Waals surface area contributed by atoms with Crippen LogP contribution in [0.15, 0.2) is 12.1 Å². The lowest BCUT2D eigenvalue weighted by atomic mass is 9.95. The number of carboxylic acids is 1. The summed E-state index contributed by atoms with van der Waals surface area (Å²) in [5.74, 6) is -0.616. The lowest BCUT2D eigenvalue weighted by molar-refractivity contribution is -0.128. The maximum Gasteiger partial charge on any atom is 0.339 e. The van der Waals surface area contributed by atoms with E-state index in [1.165, 1.54) is 14.2 Å². The molecule has 0 unspecified atom stereocenters. The van der Waals surface area contributed by atoms with Gasteiger partial charge in [0.25, 0.3) is 0 Å². The van der Waals surface area contributed by atoms with Gasteiger partial charge in [-0.1, -0.05) is 26.8 Å². The summed E-state index contributed by atoms with van der Waals surface area (Å²) in [5, 5.41) is 12.2. The van der Waals surface area contributed by atoms with Gasteiger partial charge in [-0.25, -0.2) is 4.79 Å². The van der Waals surface area contributed by atoms with Crippen molar-refractivity contribution in [3.63, 3.8) is 0 Å². The number of rotatable bonds is 6. The van der Waals surface area contributed by atoms with Gasteiger partial charge in [0.05, 0.1) is 14.2 Å². The monoisotopic (exact) mass is 309 g/mol. The van der Waals surface area contributed by atoms with Gasteiger partial charge >= 0.3 is 5.97 Å². The van der Waals surface area contributed by atoms with Crippen LogP contribution in [0.4, 0.5) is 0 Å². The van der Waals surface area contributed by atoms with E-state index in [0.717, 1.165) is 0 Å². The molecule has 0 radical (unpaired) electrons. The number of hydrogen-bond donors (Lipinski definition) is 2. The highest BCUT2D eigenvalue weighted by atomic mass is 16.5. The van der Waals surface area contributed by atoms with Gasteiger partial charge in [0.2, 0.25) is 5.91 Å². The average molecular weight is 309 g/mol. The van der Waals surface area contributed by atoms with Gasteiger partial charge in [0.1, 0.15) is 5.56 Å². The smallest absolute Gasteiger partial charge is 0.339 e. The highest BCUT2D eigenvalue weighted by Crippen LogP contribution is 2.33. The van der Waals surface area contributed by atoms with Crippen LogP contribution in [0.25, 0.3) is 0 Å². The van der Waals surface area contributed by atoms with E-state index in [9.17, 15) is 14.7 Å². The first kappa shape index (κ1) is 17.8. The molecule has 0 bridgehead atoms. The quantitative estimate of drug-likeness (QED) is 0.840. The minimum atomic E-state index is -1.09. The van der Waals surface area contributed by atoms with E-state index >= 15 is 0 Å². The number of carbonyl (C=O) groups is 2. The second-order valence-electron chi connectivity index (χ2n) is 5.90. The topological polar surface area (TPSA) is 84.9 Å². The standard InChI is InChI=1S/C16H23NO5/c1-16(2,3)15(20)17-9-8-10-6-7-11(21-4)13(22-5)12(10)14(18)19/h6-7H,8-9H2,1-5H3,(H,17,20)(H,18,19). The van der Waals surface area contributed by atoms with Crippen molar-refractivity contribution in [3.8, 4) is 11.5 Å². The zero-order valence-corrected chi connectivity index (χ0v) is 13.6. The number of nitrogens with one attached hydrogen (secondary N) is 1. The fraction of sp³-hybridized carbons (Fsp3) is 0.500. The maximum absolute atomic E-state index is 11.8. The van der Waals surface area contributed by atoms with Gasteiger partial charge in [-0.3, -0.25) is 4.79 Å². The molecule has 0 heterocycles. The molecular formula is C16H23NO5. The first-order chi connectivity index (χ1) is 10.2. The fourth-order valence-corrected chi connectivity index (χ4v) is 1.99. The lowest BCUT2D eigenvalue weighted by Gasteiger charge is -2.18. The van der Waals surface area contributed by atoms with Gasteiger partial charge in [-0.15, -0.1) is 0 Å². The maximum atomic E-state index is 11.8. The lowest BCUT2D eigenvalue weighted by Crippen LogP contribution is -2.36. The first-order valence-corrected chi connectivity index (χ1v) is 6.97. The van der Waals surface area contributed by atoms with Crippen molar-refractivity contribution in [2.45, 2.75) is 27.2 Å². The van der Waals surface area contributed by atoms with E-state index in [-0.39, 0.29) is 17.2 Å². The van der Waals surface area contributed by atoms with Crippen molar-refractivity contribution < 1.29 is 24.2 Å². The minimum absolute atomic E-state index is 0.0619. The summed E-state index contributed by atoms with van der Waals surface area (Å²) < 4.78 is 10.3. The molecular weight excluding hydrogens is 286 g/mol. The summed E-state index contributed by atoms with van der Waals surface area (Å²) in [6.07, 6.45) is 0.393. The molecule has 6 nitrogen and oxygen atoms in total. The Balaban J connectivity index is 2.96. The number of benzene rings is 1. The molecule has 0 aromatic heterocycles. The molecule has 6 heteroatoms. The number of aromatic carboxylic acids is 1. The van der Waals surface area contributed by atoms with Crippen molar-refractivity contribution in [2.75, 3.05) is 20.8 Å². The Labute approximate surface area is 130 Å². The summed E-state index contributed by atoms with van der Waals surface area (Å²) in [7, 11) is 2.85. The van der Waals surface area contributed by atoms with E-state index in [4.69, 9.17) is 9.47 Å². The highest BCUT2D eigenvalue weighted by molar-refractivity contribution is 5.94. The van der Waals surface area contributed by atoms with E-state index in [2.05, 4.69) is 5.32 Å². The van der Waals surface area contributed by atoms with Gasteiger partial charge in [0, 0.05) is 12.0 Å². The van der Waals surface area contributed by atoms with Crippen LogP contribution in [0.3, 0.4) is 0 Å². The Hall–Kier alpha value is -2.24. The van der Waals surface area contributed by atoms with Crippen molar-refractivity contribution in [1.82, 2.24) is 5.32 Å². The first-order valence-electron chi connectivity index (χ1n) is 6.97. The minimum Gasteiger partial charge on any atom is -0.493 e. The molecule has 0 aliphatic heterocycles. The Morgan fingerprint density at radius 3 is 2.27 bits per heavy atom. The molecule has 0 saturated carbocycles. The summed E-state index contributed by atoms with van der Waals surface area (Å²) in [5.41, 5.74) is 0.166. The molecule has 0 aliphatic carbocycles. The molecule has 0 fully saturated rings. The Morgan fingerprint density at radius 1 is 1.18 bits per heavy atom. The van der Waals surface area contributed by atoms with Crippen LogP contribution in [0.5, 0.6) is 11.5 Å². The summed E-state index contributed by atoms with van der Waals surface area (Å²) >= 11 is 0. The number of methoxy groups -OCH3 is 2. The van der Waals surface area contributed by atoms with Gasteiger partial charge in [-0.2, -0.15) is 0 Å².